The van der Waals surface area contributed by atoms with Gasteiger partial charge in [-0.3, -0.25) is 0 Å². The van der Waals surface area contributed by atoms with E-state index in [0.717, 1.165) is 13.0 Å². The predicted molar refractivity (Wildman–Crippen MR) is 117 cm³/mol. The maximum absolute atomic E-state index is 4.15. The van der Waals surface area contributed by atoms with Crippen molar-refractivity contribution in [3.63, 3.8) is 0 Å². The summed E-state index contributed by atoms with van der Waals surface area (Å²) in [5.74, 6) is 0. The van der Waals surface area contributed by atoms with Gasteiger partial charge >= 0.3 is 0 Å². The second kappa shape index (κ2) is 8.10. The maximum atomic E-state index is 4.15. The highest BCUT2D eigenvalue weighted by atomic mass is 79.9. The number of rotatable bonds is 5. The molecule has 0 atom stereocenters. The SMILES string of the molecule is CC(C)(C)c1ccc(-c2cc(CC(Br)Br)cc(Cn3ccnc3)c2)cc1. The molecule has 0 fully saturated rings. The van der Waals surface area contributed by atoms with Gasteiger partial charge in [-0.1, -0.05) is 89.0 Å². The van der Waals surface area contributed by atoms with Crippen molar-refractivity contribution in [3.05, 3.63) is 77.9 Å². The molecule has 0 N–H and O–H groups in total. The topological polar surface area (TPSA) is 17.8 Å². The molecular formula is C22H24Br2N2. The Balaban J connectivity index is 1.96. The predicted octanol–water partition coefficient (Wildman–Crippen LogP) is 6.55. The molecule has 0 amide bonds. The summed E-state index contributed by atoms with van der Waals surface area (Å²) in [6.45, 7) is 7.57. The smallest absolute Gasteiger partial charge is 0.0949 e. The van der Waals surface area contributed by atoms with Crippen LogP contribution < -0.4 is 0 Å². The molecule has 0 bridgehead atoms. The standard InChI is InChI=1S/C22H24Br2N2/c1-22(2,3)20-6-4-18(5-7-20)19-11-16(13-21(23)24)10-17(12-19)14-26-9-8-25-15-26/h4-12,15,21H,13-14H2,1-3H3. The minimum atomic E-state index is 0.173. The van der Waals surface area contributed by atoms with Crippen LogP contribution >= 0.6 is 31.9 Å². The molecule has 0 aliphatic rings. The Bertz CT molecular complexity index is 845. The molecule has 1 heterocycles. The van der Waals surface area contributed by atoms with Gasteiger partial charge in [0.1, 0.15) is 0 Å². The summed E-state index contributed by atoms with van der Waals surface area (Å²) in [6.07, 6.45) is 6.62. The van der Waals surface area contributed by atoms with Crippen LogP contribution in [0.1, 0.15) is 37.5 Å². The van der Waals surface area contributed by atoms with E-state index in [1.165, 1.54) is 27.8 Å². The molecule has 0 unspecified atom stereocenters. The molecular weight excluding hydrogens is 452 g/mol. The number of benzene rings is 2. The number of hydrogen-bond acceptors (Lipinski definition) is 1. The van der Waals surface area contributed by atoms with Crippen LogP contribution in [-0.4, -0.2) is 13.3 Å². The minimum Gasteiger partial charge on any atom is -0.333 e. The van der Waals surface area contributed by atoms with Gasteiger partial charge in [0.15, 0.2) is 0 Å². The second-order valence-electron chi connectivity index (χ2n) is 7.70. The first kappa shape index (κ1) is 19.4. The molecule has 0 aliphatic carbocycles. The van der Waals surface area contributed by atoms with E-state index in [2.05, 4.69) is 105 Å². The Morgan fingerprint density at radius 3 is 2.23 bits per heavy atom. The number of halogens is 2. The van der Waals surface area contributed by atoms with Crippen molar-refractivity contribution in [2.75, 3.05) is 0 Å². The van der Waals surface area contributed by atoms with E-state index in [1.54, 1.807) is 0 Å². The van der Waals surface area contributed by atoms with Gasteiger partial charge in [-0.05, 0) is 45.7 Å². The summed E-state index contributed by atoms with van der Waals surface area (Å²) in [7, 11) is 0. The molecule has 26 heavy (non-hydrogen) atoms. The summed E-state index contributed by atoms with van der Waals surface area (Å²) in [5.41, 5.74) is 6.65. The van der Waals surface area contributed by atoms with E-state index in [9.17, 15) is 0 Å². The molecule has 2 nitrogen and oxygen atoms in total. The number of aromatic nitrogens is 2. The molecule has 0 aliphatic heterocycles. The van der Waals surface area contributed by atoms with Gasteiger partial charge in [0, 0.05) is 18.9 Å². The van der Waals surface area contributed by atoms with Crippen molar-refractivity contribution in [3.8, 4) is 11.1 Å². The number of alkyl halides is 2. The molecule has 3 aromatic rings. The summed E-state index contributed by atoms with van der Waals surface area (Å²) < 4.78 is 2.38. The first-order valence-corrected chi connectivity index (χ1v) is 10.6. The fourth-order valence-electron chi connectivity index (χ4n) is 3.07. The van der Waals surface area contributed by atoms with Crippen LogP contribution in [-0.2, 0) is 18.4 Å². The molecule has 2 aromatic carbocycles. The van der Waals surface area contributed by atoms with Crippen LogP contribution in [0.4, 0.5) is 0 Å². The summed E-state index contributed by atoms with van der Waals surface area (Å²) >= 11 is 7.22. The van der Waals surface area contributed by atoms with E-state index in [0.29, 0.717) is 0 Å². The second-order valence-corrected chi connectivity index (χ2v) is 11.1. The lowest BCUT2D eigenvalue weighted by molar-refractivity contribution is 0.590. The molecule has 0 radical (unpaired) electrons. The third-order valence-corrected chi connectivity index (χ3v) is 5.10. The van der Waals surface area contributed by atoms with Crippen LogP contribution in [0.15, 0.2) is 61.2 Å². The average molecular weight is 476 g/mol. The third-order valence-electron chi connectivity index (χ3n) is 4.45. The zero-order valence-electron chi connectivity index (χ0n) is 15.4. The van der Waals surface area contributed by atoms with Gasteiger partial charge in [0.25, 0.3) is 0 Å². The number of imidazole rings is 1. The van der Waals surface area contributed by atoms with E-state index in [1.807, 2.05) is 18.7 Å². The molecule has 0 saturated carbocycles. The van der Waals surface area contributed by atoms with Crippen molar-refractivity contribution in [1.82, 2.24) is 9.55 Å². The van der Waals surface area contributed by atoms with Crippen molar-refractivity contribution >= 4 is 31.9 Å². The van der Waals surface area contributed by atoms with Crippen LogP contribution in [0.3, 0.4) is 0 Å². The van der Waals surface area contributed by atoms with Crippen molar-refractivity contribution in [2.24, 2.45) is 0 Å². The van der Waals surface area contributed by atoms with E-state index in [-0.39, 0.29) is 9.15 Å². The van der Waals surface area contributed by atoms with Crippen molar-refractivity contribution in [1.29, 1.82) is 0 Å². The van der Waals surface area contributed by atoms with Gasteiger partial charge in [-0.25, -0.2) is 4.98 Å². The Kier molecular flexibility index (Phi) is 6.03. The largest absolute Gasteiger partial charge is 0.333 e. The average Bonchev–Trinajstić information content (AvgIpc) is 3.06. The molecule has 3 rings (SSSR count). The fraction of sp³-hybridized carbons (Fsp3) is 0.318. The molecule has 0 spiro atoms. The summed E-state index contributed by atoms with van der Waals surface area (Å²) in [5, 5.41) is 0. The lowest BCUT2D eigenvalue weighted by Gasteiger charge is -2.19. The Hall–Kier alpha value is -1.39. The Morgan fingerprint density at radius 1 is 0.962 bits per heavy atom. The van der Waals surface area contributed by atoms with Gasteiger partial charge in [-0.2, -0.15) is 0 Å². The van der Waals surface area contributed by atoms with Crippen molar-refractivity contribution < 1.29 is 0 Å². The van der Waals surface area contributed by atoms with Crippen LogP contribution in [0.25, 0.3) is 11.1 Å². The quantitative estimate of drug-likeness (QED) is 0.382. The maximum Gasteiger partial charge on any atom is 0.0949 e. The van der Waals surface area contributed by atoms with Gasteiger partial charge in [0.05, 0.1) is 10.1 Å². The zero-order valence-corrected chi connectivity index (χ0v) is 18.6. The van der Waals surface area contributed by atoms with Gasteiger partial charge < -0.3 is 4.57 Å². The number of nitrogens with zero attached hydrogens (tertiary/aromatic N) is 2. The number of hydrogen-bond donors (Lipinski definition) is 0. The third kappa shape index (κ3) is 5.08. The van der Waals surface area contributed by atoms with Gasteiger partial charge in [-0.15, -0.1) is 0 Å². The van der Waals surface area contributed by atoms with Crippen LogP contribution in [0.5, 0.6) is 0 Å². The minimum absolute atomic E-state index is 0.173. The first-order valence-electron chi connectivity index (χ1n) is 8.79. The highest BCUT2D eigenvalue weighted by Crippen LogP contribution is 2.28. The van der Waals surface area contributed by atoms with E-state index in [4.69, 9.17) is 0 Å². The summed E-state index contributed by atoms with van der Waals surface area (Å²) in [6, 6.07) is 15.8. The van der Waals surface area contributed by atoms with Crippen LogP contribution in [0, 0.1) is 0 Å². The molecule has 0 saturated heterocycles. The lowest BCUT2D eigenvalue weighted by atomic mass is 9.86. The van der Waals surface area contributed by atoms with Gasteiger partial charge in [0.2, 0.25) is 0 Å². The van der Waals surface area contributed by atoms with Crippen LogP contribution in [0.2, 0.25) is 0 Å². The zero-order chi connectivity index (χ0) is 18.7. The Morgan fingerprint density at radius 2 is 1.65 bits per heavy atom. The Labute approximate surface area is 172 Å². The summed E-state index contributed by atoms with van der Waals surface area (Å²) in [4.78, 5) is 4.15. The molecule has 1 aromatic heterocycles. The fourth-order valence-corrected chi connectivity index (χ4v) is 3.82. The monoisotopic (exact) mass is 474 g/mol. The lowest BCUT2D eigenvalue weighted by Crippen LogP contribution is -2.10. The molecule has 136 valence electrons. The van der Waals surface area contributed by atoms with E-state index >= 15 is 0 Å². The molecule has 4 heteroatoms. The van der Waals surface area contributed by atoms with E-state index < -0.39 is 0 Å². The van der Waals surface area contributed by atoms with Crippen molar-refractivity contribution in [2.45, 2.75) is 42.9 Å². The normalized spacial score (nSPS) is 11.9. The highest BCUT2D eigenvalue weighted by Gasteiger charge is 2.13. The first-order chi connectivity index (χ1) is 12.3. The highest BCUT2D eigenvalue weighted by molar-refractivity contribution is 9.24.